The van der Waals surface area contributed by atoms with Crippen LogP contribution in [0.2, 0.25) is 0 Å². The molecule has 9 heteroatoms. The number of anilines is 1. The zero-order valence-corrected chi connectivity index (χ0v) is 12.2. The number of H-pyrrole nitrogens is 1. The summed E-state index contributed by atoms with van der Waals surface area (Å²) in [4.78, 5) is 36.7. The number of aromatic amines is 1. The minimum Gasteiger partial charge on any atom is -0.465 e. The largest absolute Gasteiger partial charge is 0.465 e. The summed E-state index contributed by atoms with van der Waals surface area (Å²) in [6.07, 6.45) is -4.72. The Morgan fingerprint density at radius 3 is 2.46 bits per heavy atom. The van der Waals surface area contributed by atoms with E-state index in [0.717, 1.165) is 6.07 Å². The third-order valence-electron chi connectivity index (χ3n) is 3.00. The molecule has 0 fully saturated rings. The van der Waals surface area contributed by atoms with Crippen LogP contribution in [0.5, 0.6) is 0 Å². The van der Waals surface area contributed by atoms with Gasteiger partial charge in [0.1, 0.15) is 11.3 Å². The lowest BCUT2D eigenvalue weighted by atomic mass is 10.2. The molecule has 1 amide bonds. The molecule has 0 spiro atoms. The third kappa shape index (κ3) is 3.80. The Hall–Kier alpha value is -3.10. The summed E-state index contributed by atoms with van der Waals surface area (Å²) >= 11 is 0. The first-order chi connectivity index (χ1) is 11.2. The average Bonchev–Trinajstić information content (AvgIpc) is 2.53. The number of esters is 1. The molecule has 1 aromatic carbocycles. The number of hydrogen-bond donors (Lipinski definition) is 2. The van der Waals surface area contributed by atoms with Crippen LogP contribution in [0.15, 0.2) is 41.2 Å². The van der Waals surface area contributed by atoms with Crippen molar-refractivity contribution in [2.75, 3.05) is 12.4 Å². The van der Waals surface area contributed by atoms with Crippen LogP contribution in [0, 0.1) is 0 Å². The molecular formula is C15H11F3N2O4. The summed E-state index contributed by atoms with van der Waals surface area (Å²) in [5.74, 6) is -1.54. The predicted octanol–water partition coefficient (Wildman–Crippen LogP) is 2.43. The van der Waals surface area contributed by atoms with Crippen LogP contribution in [-0.4, -0.2) is 24.0 Å². The first-order valence-electron chi connectivity index (χ1n) is 6.52. The summed E-state index contributed by atoms with van der Waals surface area (Å²) in [7, 11) is 1.19. The summed E-state index contributed by atoms with van der Waals surface area (Å²) < 4.78 is 42.0. The highest BCUT2D eigenvalue weighted by Gasteiger charge is 2.32. The maximum Gasteiger partial charge on any atom is 0.431 e. The molecule has 0 radical (unpaired) electrons. The van der Waals surface area contributed by atoms with E-state index in [0.29, 0.717) is 6.07 Å². The number of alkyl halides is 3. The van der Waals surface area contributed by atoms with Crippen LogP contribution in [0.4, 0.5) is 18.9 Å². The van der Waals surface area contributed by atoms with E-state index >= 15 is 0 Å². The molecule has 0 saturated heterocycles. The van der Waals surface area contributed by atoms with Gasteiger partial charge in [-0.05, 0) is 30.3 Å². The minimum atomic E-state index is -4.72. The van der Waals surface area contributed by atoms with Crippen LogP contribution >= 0.6 is 0 Å². The fourth-order valence-corrected chi connectivity index (χ4v) is 1.86. The number of carbonyl (C=O) groups is 2. The normalized spacial score (nSPS) is 11.0. The molecule has 0 aliphatic carbocycles. The number of amides is 1. The van der Waals surface area contributed by atoms with Crippen molar-refractivity contribution in [2.45, 2.75) is 6.18 Å². The number of aromatic nitrogens is 1. The topological polar surface area (TPSA) is 88.3 Å². The number of benzene rings is 1. The van der Waals surface area contributed by atoms with Gasteiger partial charge in [-0.3, -0.25) is 9.59 Å². The number of hydrogen-bond acceptors (Lipinski definition) is 4. The highest BCUT2D eigenvalue weighted by atomic mass is 19.4. The van der Waals surface area contributed by atoms with E-state index in [9.17, 15) is 27.6 Å². The average molecular weight is 340 g/mol. The second-order valence-electron chi connectivity index (χ2n) is 4.64. The molecule has 126 valence electrons. The molecule has 0 atom stereocenters. The van der Waals surface area contributed by atoms with Crippen molar-refractivity contribution in [3.05, 3.63) is 63.6 Å². The van der Waals surface area contributed by atoms with Crippen LogP contribution in [0.3, 0.4) is 0 Å². The first-order valence-corrected chi connectivity index (χ1v) is 6.52. The van der Waals surface area contributed by atoms with Crippen molar-refractivity contribution in [2.24, 2.45) is 0 Å². The molecule has 0 bridgehead atoms. The van der Waals surface area contributed by atoms with Crippen LogP contribution in [-0.2, 0) is 10.9 Å². The Morgan fingerprint density at radius 1 is 1.17 bits per heavy atom. The molecule has 2 N–H and O–H groups in total. The number of rotatable bonds is 3. The molecule has 2 aromatic rings. The van der Waals surface area contributed by atoms with Gasteiger partial charge >= 0.3 is 12.1 Å². The lowest BCUT2D eigenvalue weighted by molar-refractivity contribution is -0.141. The van der Waals surface area contributed by atoms with Crippen LogP contribution in [0.25, 0.3) is 0 Å². The number of nitrogens with one attached hydrogen (secondary N) is 2. The maximum absolute atomic E-state index is 12.5. The van der Waals surface area contributed by atoms with Crippen LogP contribution < -0.4 is 10.9 Å². The third-order valence-corrected chi connectivity index (χ3v) is 3.00. The molecular weight excluding hydrogens is 329 g/mol. The van der Waals surface area contributed by atoms with Gasteiger partial charge in [0.25, 0.3) is 11.5 Å². The van der Waals surface area contributed by atoms with Gasteiger partial charge in [0.2, 0.25) is 0 Å². The summed E-state index contributed by atoms with van der Waals surface area (Å²) in [5, 5.41) is 2.33. The second kappa shape index (κ2) is 6.57. The Labute approximate surface area is 133 Å². The van der Waals surface area contributed by atoms with Gasteiger partial charge < -0.3 is 15.0 Å². The molecule has 1 aromatic heterocycles. The molecule has 0 aliphatic rings. The number of ether oxygens (including phenoxy) is 1. The molecule has 2 rings (SSSR count). The van der Waals surface area contributed by atoms with Gasteiger partial charge in [0.05, 0.1) is 12.7 Å². The van der Waals surface area contributed by atoms with Crippen molar-refractivity contribution in [3.8, 4) is 0 Å². The van der Waals surface area contributed by atoms with Gasteiger partial charge in [-0.2, -0.15) is 13.2 Å². The zero-order valence-electron chi connectivity index (χ0n) is 12.2. The Kier molecular flexibility index (Phi) is 4.72. The van der Waals surface area contributed by atoms with Crippen molar-refractivity contribution in [3.63, 3.8) is 0 Å². The SMILES string of the molecule is COC(=O)c1cccc(NC(=O)c2ccc(C(F)(F)F)[nH]c2=O)c1. The number of methoxy groups -OCH3 is 1. The minimum absolute atomic E-state index is 0.164. The number of carbonyl (C=O) groups excluding carboxylic acids is 2. The van der Waals surface area contributed by atoms with Crippen molar-refractivity contribution < 1.29 is 27.5 Å². The molecule has 0 saturated carbocycles. The van der Waals surface area contributed by atoms with E-state index in [1.165, 1.54) is 31.4 Å². The van der Waals surface area contributed by atoms with Gasteiger partial charge in [0, 0.05) is 5.69 Å². The highest BCUT2D eigenvalue weighted by Crippen LogP contribution is 2.26. The van der Waals surface area contributed by atoms with Gasteiger partial charge in [-0.25, -0.2) is 4.79 Å². The molecule has 6 nitrogen and oxygen atoms in total. The predicted molar refractivity (Wildman–Crippen MR) is 77.8 cm³/mol. The Morgan fingerprint density at radius 2 is 1.88 bits per heavy atom. The maximum atomic E-state index is 12.5. The quantitative estimate of drug-likeness (QED) is 0.840. The lowest BCUT2D eigenvalue weighted by Gasteiger charge is -2.08. The fraction of sp³-hybridized carbons (Fsp3) is 0.133. The highest BCUT2D eigenvalue weighted by molar-refractivity contribution is 6.04. The molecule has 24 heavy (non-hydrogen) atoms. The van der Waals surface area contributed by atoms with Gasteiger partial charge in [-0.15, -0.1) is 0 Å². The zero-order chi connectivity index (χ0) is 17.9. The second-order valence-corrected chi connectivity index (χ2v) is 4.64. The Balaban J connectivity index is 2.25. The molecule has 0 aliphatic heterocycles. The van der Waals surface area contributed by atoms with E-state index in [2.05, 4.69) is 10.1 Å². The molecule has 0 unspecified atom stereocenters. The van der Waals surface area contributed by atoms with E-state index in [1.807, 2.05) is 0 Å². The van der Waals surface area contributed by atoms with E-state index in [4.69, 9.17) is 0 Å². The summed E-state index contributed by atoms with van der Waals surface area (Å²) in [5.41, 5.74) is -2.58. The monoisotopic (exact) mass is 340 g/mol. The van der Waals surface area contributed by atoms with E-state index in [1.54, 1.807) is 4.98 Å². The molecule has 1 heterocycles. The first kappa shape index (κ1) is 17.3. The standard InChI is InChI=1S/C15H11F3N2O4/c1-24-14(23)8-3-2-4-9(7-8)19-12(21)10-5-6-11(15(16,17)18)20-13(10)22/h2-7H,1H3,(H,19,21)(H,20,22). The van der Waals surface area contributed by atoms with E-state index in [-0.39, 0.29) is 11.3 Å². The number of halogens is 3. The number of pyridine rings is 1. The Bertz CT molecular complexity index is 843. The smallest absolute Gasteiger partial charge is 0.431 e. The summed E-state index contributed by atoms with van der Waals surface area (Å²) in [6.45, 7) is 0. The summed E-state index contributed by atoms with van der Waals surface area (Å²) in [6, 6.07) is 7.05. The van der Waals surface area contributed by atoms with E-state index < -0.39 is 34.9 Å². The van der Waals surface area contributed by atoms with Crippen LogP contribution in [0.1, 0.15) is 26.4 Å². The van der Waals surface area contributed by atoms with Crippen molar-refractivity contribution in [1.29, 1.82) is 0 Å². The van der Waals surface area contributed by atoms with Gasteiger partial charge in [-0.1, -0.05) is 6.07 Å². The van der Waals surface area contributed by atoms with Crippen molar-refractivity contribution >= 4 is 17.6 Å². The fourth-order valence-electron chi connectivity index (χ4n) is 1.86. The van der Waals surface area contributed by atoms with Crippen molar-refractivity contribution in [1.82, 2.24) is 4.98 Å². The van der Waals surface area contributed by atoms with Gasteiger partial charge in [0.15, 0.2) is 0 Å². The lowest BCUT2D eigenvalue weighted by Crippen LogP contribution is -2.25.